The third-order valence-electron chi connectivity index (χ3n) is 1.59. The van der Waals surface area contributed by atoms with Gasteiger partial charge in [-0.05, 0) is 24.0 Å². The fourth-order valence-electron chi connectivity index (χ4n) is 0.794. The first-order chi connectivity index (χ1) is 4.95. The molecule has 0 spiro atoms. The standard InChI is InChI=1S/C5H9N5/c1-2-4(1)3-6-5-7-9-10-8-5/h4H,1-3H2,(H2,6,7,8,9,10). The second-order valence-electron chi connectivity index (χ2n) is 2.56. The molecule has 5 heteroatoms. The summed E-state index contributed by atoms with van der Waals surface area (Å²) in [5.74, 6) is 1.45. The molecule has 1 aromatic heterocycles. The van der Waals surface area contributed by atoms with E-state index in [4.69, 9.17) is 0 Å². The van der Waals surface area contributed by atoms with Gasteiger partial charge in [0.1, 0.15) is 0 Å². The van der Waals surface area contributed by atoms with Crippen molar-refractivity contribution in [2.24, 2.45) is 5.92 Å². The van der Waals surface area contributed by atoms with Crippen LogP contribution < -0.4 is 5.32 Å². The molecule has 2 rings (SSSR count). The van der Waals surface area contributed by atoms with Crippen LogP contribution >= 0.6 is 0 Å². The normalized spacial score (nSPS) is 17.2. The smallest absolute Gasteiger partial charge is 0.263 e. The molecular weight excluding hydrogens is 130 g/mol. The molecule has 1 fully saturated rings. The van der Waals surface area contributed by atoms with Crippen molar-refractivity contribution in [2.75, 3.05) is 11.9 Å². The van der Waals surface area contributed by atoms with Crippen LogP contribution in [-0.4, -0.2) is 27.2 Å². The van der Waals surface area contributed by atoms with Crippen LogP contribution in [0.25, 0.3) is 0 Å². The van der Waals surface area contributed by atoms with Gasteiger partial charge in [-0.15, -0.1) is 5.10 Å². The van der Waals surface area contributed by atoms with Crippen molar-refractivity contribution in [2.45, 2.75) is 12.8 Å². The Morgan fingerprint density at radius 3 is 3.10 bits per heavy atom. The van der Waals surface area contributed by atoms with Gasteiger partial charge in [-0.25, -0.2) is 0 Å². The average molecular weight is 139 g/mol. The van der Waals surface area contributed by atoms with E-state index in [1.807, 2.05) is 0 Å². The first kappa shape index (κ1) is 5.64. The number of aromatic amines is 1. The molecule has 2 N–H and O–H groups in total. The topological polar surface area (TPSA) is 66.5 Å². The summed E-state index contributed by atoms with van der Waals surface area (Å²) in [7, 11) is 0. The van der Waals surface area contributed by atoms with Gasteiger partial charge in [-0.1, -0.05) is 5.10 Å². The molecule has 1 aromatic rings. The van der Waals surface area contributed by atoms with E-state index in [1.54, 1.807) is 0 Å². The maximum absolute atomic E-state index is 3.76. The molecule has 1 saturated carbocycles. The Morgan fingerprint density at radius 2 is 2.50 bits per heavy atom. The zero-order valence-electron chi connectivity index (χ0n) is 5.54. The lowest BCUT2D eigenvalue weighted by molar-refractivity contribution is 0.875. The summed E-state index contributed by atoms with van der Waals surface area (Å²) < 4.78 is 0. The molecule has 10 heavy (non-hydrogen) atoms. The van der Waals surface area contributed by atoms with Crippen molar-refractivity contribution in [1.29, 1.82) is 0 Å². The summed E-state index contributed by atoms with van der Waals surface area (Å²) in [6.45, 7) is 0.986. The highest BCUT2D eigenvalue weighted by Gasteiger charge is 2.20. The lowest BCUT2D eigenvalue weighted by Crippen LogP contribution is -2.04. The van der Waals surface area contributed by atoms with Crippen molar-refractivity contribution < 1.29 is 0 Å². The quantitative estimate of drug-likeness (QED) is 0.619. The summed E-state index contributed by atoms with van der Waals surface area (Å²) in [6.07, 6.45) is 2.68. The Kier molecular flexibility index (Phi) is 1.26. The van der Waals surface area contributed by atoms with Gasteiger partial charge in [0, 0.05) is 6.54 Å². The molecule has 0 saturated heterocycles. The number of hydrogen-bond acceptors (Lipinski definition) is 4. The molecule has 1 heterocycles. The second kappa shape index (κ2) is 2.24. The zero-order valence-corrected chi connectivity index (χ0v) is 5.54. The lowest BCUT2D eigenvalue weighted by atomic mass is 10.4. The van der Waals surface area contributed by atoms with Crippen LogP contribution in [0.15, 0.2) is 0 Å². The molecule has 54 valence electrons. The van der Waals surface area contributed by atoms with E-state index in [9.17, 15) is 0 Å². The lowest BCUT2D eigenvalue weighted by Gasteiger charge is -1.95. The number of tetrazole rings is 1. The SMILES string of the molecule is C1CC1CNc1nn[nH]n1. The summed E-state index contributed by atoms with van der Waals surface area (Å²) in [4.78, 5) is 0. The molecule has 0 atom stereocenters. The van der Waals surface area contributed by atoms with Crippen LogP contribution in [0.1, 0.15) is 12.8 Å². The highest BCUT2D eigenvalue weighted by molar-refractivity contribution is 5.19. The number of rotatable bonds is 3. The van der Waals surface area contributed by atoms with Gasteiger partial charge in [-0.3, -0.25) is 0 Å². The van der Waals surface area contributed by atoms with Crippen molar-refractivity contribution in [3.05, 3.63) is 0 Å². The van der Waals surface area contributed by atoms with Crippen LogP contribution in [0.4, 0.5) is 5.95 Å². The van der Waals surface area contributed by atoms with Gasteiger partial charge in [0.05, 0.1) is 0 Å². The van der Waals surface area contributed by atoms with Crippen molar-refractivity contribution in [3.63, 3.8) is 0 Å². The highest BCUT2D eigenvalue weighted by Crippen LogP contribution is 2.28. The summed E-state index contributed by atoms with van der Waals surface area (Å²) in [6, 6.07) is 0. The number of H-pyrrole nitrogens is 1. The van der Waals surface area contributed by atoms with Gasteiger partial charge in [-0.2, -0.15) is 5.21 Å². The molecule has 5 nitrogen and oxygen atoms in total. The van der Waals surface area contributed by atoms with E-state index >= 15 is 0 Å². The Bertz CT molecular complexity index is 190. The zero-order chi connectivity index (χ0) is 6.81. The predicted molar refractivity (Wildman–Crippen MR) is 35.4 cm³/mol. The molecule has 1 aliphatic rings. The average Bonchev–Trinajstić information content (AvgIpc) is 2.63. The Labute approximate surface area is 58.2 Å². The van der Waals surface area contributed by atoms with E-state index in [2.05, 4.69) is 25.9 Å². The minimum atomic E-state index is 0.604. The molecule has 0 unspecified atom stereocenters. The van der Waals surface area contributed by atoms with Crippen LogP contribution in [-0.2, 0) is 0 Å². The first-order valence-electron chi connectivity index (χ1n) is 3.42. The Hall–Kier alpha value is -1.13. The monoisotopic (exact) mass is 139 g/mol. The minimum absolute atomic E-state index is 0.604. The van der Waals surface area contributed by atoms with Crippen molar-refractivity contribution in [1.82, 2.24) is 20.6 Å². The first-order valence-corrected chi connectivity index (χ1v) is 3.42. The molecular formula is C5H9N5. The molecule has 0 amide bonds. The van der Waals surface area contributed by atoms with Gasteiger partial charge in [0.2, 0.25) is 0 Å². The largest absolute Gasteiger partial charge is 0.351 e. The van der Waals surface area contributed by atoms with Gasteiger partial charge < -0.3 is 5.32 Å². The maximum atomic E-state index is 3.76. The fourth-order valence-corrected chi connectivity index (χ4v) is 0.794. The Morgan fingerprint density at radius 1 is 1.60 bits per heavy atom. The van der Waals surface area contributed by atoms with Crippen LogP contribution in [0.3, 0.4) is 0 Å². The van der Waals surface area contributed by atoms with E-state index in [1.165, 1.54) is 12.8 Å². The van der Waals surface area contributed by atoms with Crippen molar-refractivity contribution in [3.8, 4) is 0 Å². The molecule has 0 radical (unpaired) electrons. The molecule has 0 aromatic carbocycles. The summed E-state index contributed by atoms with van der Waals surface area (Å²) in [5, 5.41) is 16.4. The maximum Gasteiger partial charge on any atom is 0.263 e. The van der Waals surface area contributed by atoms with E-state index in [-0.39, 0.29) is 0 Å². The summed E-state index contributed by atoms with van der Waals surface area (Å²) in [5.41, 5.74) is 0. The fraction of sp³-hybridized carbons (Fsp3) is 0.800. The number of aromatic nitrogens is 4. The predicted octanol–water partition coefficient (Wildman–Crippen LogP) is 0.0216. The molecule has 1 aliphatic carbocycles. The van der Waals surface area contributed by atoms with Gasteiger partial charge >= 0.3 is 0 Å². The third-order valence-corrected chi connectivity index (χ3v) is 1.59. The highest BCUT2D eigenvalue weighted by atomic mass is 15.5. The number of hydrogen-bond donors (Lipinski definition) is 2. The van der Waals surface area contributed by atoms with E-state index in [0.29, 0.717) is 5.95 Å². The van der Waals surface area contributed by atoms with Gasteiger partial charge in [0.25, 0.3) is 5.95 Å². The molecule has 0 aliphatic heterocycles. The Balaban J connectivity index is 1.79. The number of nitrogens with zero attached hydrogens (tertiary/aromatic N) is 3. The van der Waals surface area contributed by atoms with Crippen LogP contribution in [0, 0.1) is 5.92 Å². The van der Waals surface area contributed by atoms with Crippen molar-refractivity contribution >= 4 is 5.95 Å². The van der Waals surface area contributed by atoms with Crippen LogP contribution in [0.2, 0.25) is 0 Å². The van der Waals surface area contributed by atoms with E-state index in [0.717, 1.165) is 12.5 Å². The second-order valence-corrected chi connectivity index (χ2v) is 2.56. The van der Waals surface area contributed by atoms with Crippen LogP contribution in [0.5, 0.6) is 0 Å². The summed E-state index contributed by atoms with van der Waals surface area (Å²) >= 11 is 0. The molecule has 0 bridgehead atoms. The minimum Gasteiger partial charge on any atom is -0.351 e. The number of anilines is 1. The number of nitrogens with one attached hydrogen (secondary N) is 2. The van der Waals surface area contributed by atoms with Gasteiger partial charge in [0.15, 0.2) is 0 Å². The third kappa shape index (κ3) is 1.23. The van der Waals surface area contributed by atoms with E-state index < -0.39 is 0 Å².